The number of aryl methyl sites for hydroxylation is 1. The predicted molar refractivity (Wildman–Crippen MR) is 118 cm³/mol. The molecule has 1 amide bonds. The summed E-state index contributed by atoms with van der Waals surface area (Å²) in [4.78, 5) is 15.3. The number of aromatic hydroxyl groups is 1. The van der Waals surface area contributed by atoms with Crippen LogP contribution in [-0.2, 0) is 0 Å². The zero-order valence-corrected chi connectivity index (χ0v) is 18.6. The predicted octanol–water partition coefficient (Wildman–Crippen LogP) is 4.45. The van der Waals surface area contributed by atoms with E-state index in [1.807, 2.05) is 56.9 Å². The van der Waals surface area contributed by atoms with Gasteiger partial charge >= 0.3 is 0 Å². The van der Waals surface area contributed by atoms with Gasteiger partial charge in [-0.05, 0) is 45.4 Å². The molecular formula is C24H27N3O4. The summed E-state index contributed by atoms with van der Waals surface area (Å²) in [6.45, 7) is 8.02. The summed E-state index contributed by atoms with van der Waals surface area (Å²) in [5.41, 5.74) is 4.38. The van der Waals surface area contributed by atoms with Crippen molar-refractivity contribution in [1.29, 1.82) is 0 Å². The smallest absolute Gasteiger partial charge is 0.273 e. The van der Waals surface area contributed by atoms with Crippen molar-refractivity contribution in [1.82, 2.24) is 15.1 Å². The molecule has 0 fully saturated rings. The molecule has 4 rings (SSSR count). The van der Waals surface area contributed by atoms with Crippen LogP contribution in [0.15, 0.2) is 36.4 Å². The summed E-state index contributed by atoms with van der Waals surface area (Å²) in [6, 6.07) is 11.1. The number of nitrogens with one attached hydrogen (secondary N) is 1. The number of methoxy groups -OCH3 is 2. The molecular weight excluding hydrogens is 394 g/mol. The van der Waals surface area contributed by atoms with E-state index < -0.39 is 11.6 Å². The van der Waals surface area contributed by atoms with E-state index in [4.69, 9.17) is 9.47 Å². The van der Waals surface area contributed by atoms with Gasteiger partial charge in [-0.2, -0.15) is 5.10 Å². The van der Waals surface area contributed by atoms with E-state index in [2.05, 4.69) is 10.2 Å². The second kappa shape index (κ2) is 7.34. The molecule has 162 valence electrons. The molecule has 3 aromatic rings. The van der Waals surface area contributed by atoms with Crippen LogP contribution in [0.25, 0.3) is 11.3 Å². The summed E-state index contributed by atoms with van der Waals surface area (Å²) in [5, 5.41) is 17.9. The number of aromatic nitrogens is 2. The lowest BCUT2D eigenvalue weighted by molar-refractivity contribution is 0.0545. The number of rotatable bonds is 4. The highest BCUT2D eigenvalue weighted by atomic mass is 16.5. The van der Waals surface area contributed by atoms with Crippen molar-refractivity contribution in [2.75, 3.05) is 14.2 Å². The first-order valence-corrected chi connectivity index (χ1v) is 10.1. The molecule has 2 aromatic carbocycles. The van der Waals surface area contributed by atoms with Gasteiger partial charge in [0.2, 0.25) is 5.75 Å². The van der Waals surface area contributed by atoms with Crippen molar-refractivity contribution in [3.63, 3.8) is 0 Å². The maximum Gasteiger partial charge on any atom is 0.273 e. The number of hydrogen-bond acceptors (Lipinski definition) is 5. The SMILES string of the molecule is COc1cc(C2c3c(-c4ccc(C)cc4)n[nH]c3C(=O)N2C(C)(C)C)cc(OC)c1O. The molecule has 1 aromatic heterocycles. The Labute approximate surface area is 181 Å². The highest BCUT2D eigenvalue weighted by Crippen LogP contribution is 2.49. The van der Waals surface area contributed by atoms with E-state index in [0.717, 1.165) is 27.9 Å². The van der Waals surface area contributed by atoms with Crippen molar-refractivity contribution in [3.8, 4) is 28.5 Å². The minimum atomic E-state index is -0.468. The Morgan fingerprint density at radius 2 is 1.65 bits per heavy atom. The molecule has 31 heavy (non-hydrogen) atoms. The van der Waals surface area contributed by atoms with Crippen LogP contribution in [0.3, 0.4) is 0 Å². The number of nitrogens with zero attached hydrogens (tertiary/aromatic N) is 2. The molecule has 0 saturated carbocycles. The van der Waals surface area contributed by atoms with Gasteiger partial charge in [0.05, 0.1) is 26.0 Å². The number of H-pyrrole nitrogens is 1. The van der Waals surface area contributed by atoms with Crippen molar-refractivity contribution in [2.24, 2.45) is 0 Å². The molecule has 1 unspecified atom stereocenters. The number of aromatic amines is 1. The average Bonchev–Trinajstić information content (AvgIpc) is 3.28. The van der Waals surface area contributed by atoms with Crippen LogP contribution in [0.4, 0.5) is 0 Å². The number of phenols is 1. The number of phenolic OH excluding ortho intramolecular Hbond substituents is 1. The van der Waals surface area contributed by atoms with E-state index in [1.54, 1.807) is 12.1 Å². The molecule has 1 aliphatic rings. The van der Waals surface area contributed by atoms with Crippen molar-refractivity contribution >= 4 is 5.91 Å². The lowest BCUT2D eigenvalue weighted by atomic mass is 9.93. The van der Waals surface area contributed by atoms with Gasteiger partial charge in [0.1, 0.15) is 5.69 Å². The molecule has 2 heterocycles. The quantitative estimate of drug-likeness (QED) is 0.650. The summed E-state index contributed by atoms with van der Waals surface area (Å²) in [5.74, 6) is 0.366. The first kappa shape index (κ1) is 20.8. The fourth-order valence-electron chi connectivity index (χ4n) is 4.16. The monoisotopic (exact) mass is 421 g/mol. The molecule has 0 spiro atoms. The highest BCUT2D eigenvalue weighted by Gasteiger charge is 2.47. The van der Waals surface area contributed by atoms with Gasteiger partial charge in [0.15, 0.2) is 11.5 Å². The molecule has 0 bridgehead atoms. The van der Waals surface area contributed by atoms with Crippen LogP contribution in [-0.4, -0.2) is 45.9 Å². The van der Waals surface area contributed by atoms with Crippen LogP contribution in [0.2, 0.25) is 0 Å². The minimum absolute atomic E-state index is 0.0773. The third-order valence-electron chi connectivity index (χ3n) is 5.63. The Bertz CT molecular complexity index is 1120. The zero-order valence-electron chi connectivity index (χ0n) is 18.6. The Hall–Kier alpha value is -3.48. The van der Waals surface area contributed by atoms with Gasteiger partial charge in [-0.3, -0.25) is 9.89 Å². The van der Waals surface area contributed by atoms with Crippen molar-refractivity contribution < 1.29 is 19.4 Å². The normalized spacial score (nSPS) is 15.9. The number of ether oxygens (including phenoxy) is 2. The molecule has 7 nitrogen and oxygen atoms in total. The fraction of sp³-hybridized carbons (Fsp3) is 0.333. The Morgan fingerprint density at radius 1 is 1.06 bits per heavy atom. The molecule has 0 aliphatic carbocycles. The Morgan fingerprint density at radius 3 is 2.16 bits per heavy atom. The third-order valence-corrected chi connectivity index (χ3v) is 5.63. The summed E-state index contributed by atoms with van der Waals surface area (Å²) in [7, 11) is 2.97. The number of carbonyl (C=O) groups is 1. The molecule has 1 atom stereocenters. The van der Waals surface area contributed by atoms with E-state index in [9.17, 15) is 9.90 Å². The van der Waals surface area contributed by atoms with Gasteiger partial charge in [0, 0.05) is 16.7 Å². The molecule has 2 N–H and O–H groups in total. The maximum atomic E-state index is 13.4. The third kappa shape index (κ3) is 3.30. The van der Waals surface area contributed by atoms with Crippen LogP contribution < -0.4 is 9.47 Å². The van der Waals surface area contributed by atoms with Crippen LogP contribution >= 0.6 is 0 Å². The number of carbonyl (C=O) groups excluding carboxylic acids is 1. The first-order chi connectivity index (χ1) is 14.7. The van der Waals surface area contributed by atoms with Crippen molar-refractivity contribution in [2.45, 2.75) is 39.3 Å². The lowest BCUT2D eigenvalue weighted by Gasteiger charge is -2.38. The molecule has 0 radical (unpaired) electrons. The van der Waals surface area contributed by atoms with E-state index in [1.165, 1.54) is 14.2 Å². The summed E-state index contributed by atoms with van der Waals surface area (Å²) >= 11 is 0. The second-order valence-corrected chi connectivity index (χ2v) is 8.75. The number of hydrogen-bond donors (Lipinski definition) is 2. The highest BCUT2D eigenvalue weighted by molar-refractivity contribution is 6.00. The van der Waals surface area contributed by atoms with Crippen LogP contribution in [0.1, 0.15) is 54.0 Å². The summed E-state index contributed by atoms with van der Waals surface area (Å²) < 4.78 is 10.8. The van der Waals surface area contributed by atoms with Crippen LogP contribution in [0, 0.1) is 6.92 Å². The van der Waals surface area contributed by atoms with Crippen LogP contribution in [0.5, 0.6) is 17.2 Å². The first-order valence-electron chi connectivity index (χ1n) is 10.1. The van der Waals surface area contributed by atoms with E-state index >= 15 is 0 Å². The molecule has 7 heteroatoms. The number of benzene rings is 2. The van der Waals surface area contributed by atoms with E-state index in [-0.39, 0.29) is 23.2 Å². The minimum Gasteiger partial charge on any atom is -0.502 e. The average molecular weight is 421 g/mol. The van der Waals surface area contributed by atoms with Gasteiger partial charge in [-0.15, -0.1) is 0 Å². The fourth-order valence-corrected chi connectivity index (χ4v) is 4.16. The van der Waals surface area contributed by atoms with Gasteiger partial charge in [0.25, 0.3) is 5.91 Å². The Kier molecular flexibility index (Phi) is 4.92. The van der Waals surface area contributed by atoms with Gasteiger partial charge in [-0.1, -0.05) is 29.8 Å². The Balaban J connectivity index is 1.98. The van der Waals surface area contributed by atoms with Gasteiger partial charge in [-0.25, -0.2) is 0 Å². The topological polar surface area (TPSA) is 87.7 Å². The zero-order chi connectivity index (χ0) is 22.5. The largest absolute Gasteiger partial charge is 0.502 e. The summed E-state index contributed by atoms with van der Waals surface area (Å²) in [6.07, 6.45) is 0. The lowest BCUT2D eigenvalue weighted by Crippen LogP contribution is -2.44. The number of fused-ring (bicyclic) bond motifs is 1. The second-order valence-electron chi connectivity index (χ2n) is 8.75. The molecule has 0 saturated heterocycles. The van der Waals surface area contributed by atoms with Crippen molar-refractivity contribution in [3.05, 3.63) is 58.8 Å². The van der Waals surface area contributed by atoms with E-state index in [0.29, 0.717) is 5.69 Å². The number of amides is 1. The molecule has 1 aliphatic heterocycles. The standard InChI is InChI=1S/C24H27N3O4/c1-13-7-9-14(10-8-13)19-18-20(26-25-19)23(29)27(24(2,3)4)21(18)15-11-16(30-5)22(28)17(12-15)31-6/h7-12,21,28H,1-6H3,(H,25,26). The maximum absolute atomic E-state index is 13.4. The van der Waals surface area contributed by atoms with Gasteiger partial charge < -0.3 is 19.5 Å².